The molecule has 7 heteroatoms. The van der Waals surface area contributed by atoms with Crippen LogP contribution in [0.1, 0.15) is 12.8 Å². The maximum absolute atomic E-state index is 12.0. The minimum atomic E-state index is -3.58. The largest absolute Gasteiger partial charge is 0.399 e. The number of hydrogen-bond acceptors (Lipinski definition) is 4. The summed E-state index contributed by atoms with van der Waals surface area (Å²) in [5.41, 5.74) is 5.96. The summed E-state index contributed by atoms with van der Waals surface area (Å²) in [7, 11) is -3.58. The zero-order valence-electron chi connectivity index (χ0n) is 8.93. The molecule has 1 aliphatic carbocycles. The number of aliphatic hydroxyl groups excluding tert-OH is 1. The average Bonchev–Trinajstić information content (AvgIpc) is 2.19. The summed E-state index contributed by atoms with van der Waals surface area (Å²) in [6.07, 6.45) is 0.519. The van der Waals surface area contributed by atoms with Gasteiger partial charge < -0.3 is 10.8 Å². The topological polar surface area (TPSA) is 92.4 Å². The third kappa shape index (κ3) is 2.79. The molecule has 0 spiro atoms. The first-order chi connectivity index (χ1) is 7.88. The van der Waals surface area contributed by atoms with Crippen LogP contribution >= 0.6 is 15.9 Å². The summed E-state index contributed by atoms with van der Waals surface area (Å²) in [5, 5.41) is 9.12. The average molecular weight is 321 g/mol. The Morgan fingerprint density at radius 3 is 2.65 bits per heavy atom. The van der Waals surface area contributed by atoms with Crippen molar-refractivity contribution in [2.24, 2.45) is 0 Å². The molecule has 1 aromatic carbocycles. The first-order valence-corrected chi connectivity index (χ1v) is 7.41. The number of nitrogen functional groups attached to an aromatic ring is 1. The van der Waals surface area contributed by atoms with Crippen molar-refractivity contribution in [3.8, 4) is 0 Å². The summed E-state index contributed by atoms with van der Waals surface area (Å²) in [6, 6.07) is 4.43. The van der Waals surface area contributed by atoms with E-state index in [0.29, 0.717) is 23.0 Å². The van der Waals surface area contributed by atoms with Crippen LogP contribution in [-0.2, 0) is 10.0 Å². The van der Waals surface area contributed by atoms with Crippen LogP contribution in [0.15, 0.2) is 27.6 Å². The van der Waals surface area contributed by atoms with Crippen molar-refractivity contribution in [3.05, 3.63) is 22.7 Å². The van der Waals surface area contributed by atoms with Crippen LogP contribution in [-0.4, -0.2) is 25.7 Å². The van der Waals surface area contributed by atoms with Crippen molar-refractivity contribution >= 4 is 31.6 Å². The molecule has 0 unspecified atom stereocenters. The number of halogens is 1. The standard InChI is InChI=1S/C10H13BrN2O3S/c11-9-2-1-6(12)3-10(9)17(15,16)13-7-4-8(14)5-7/h1-3,7-8,13-14H,4-5,12H2. The predicted molar refractivity (Wildman–Crippen MR) is 67.9 cm³/mol. The maximum atomic E-state index is 12.0. The van der Waals surface area contributed by atoms with E-state index in [1.165, 1.54) is 6.07 Å². The van der Waals surface area contributed by atoms with Gasteiger partial charge in [-0.25, -0.2) is 13.1 Å². The summed E-state index contributed by atoms with van der Waals surface area (Å²) >= 11 is 3.18. The fraction of sp³-hybridized carbons (Fsp3) is 0.400. The first kappa shape index (κ1) is 12.8. The highest BCUT2D eigenvalue weighted by atomic mass is 79.9. The molecular weight excluding hydrogens is 308 g/mol. The van der Waals surface area contributed by atoms with Gasteiger partial charge in [-0.05, 0) is 47.0 Å². The zero-order valence-corrected chi connectivity index (χ0v) is 11.3. The molecule has 94 valence electrons. The van der Waals surface area contributed by atoms with Gasteiger partial charge in [0.15, 0.2) is 0 Å². The van der Waals surface area contributed by atoms with E-state index in [2.05, 4.69) is 20.7 Å². The molecule has 1 aromatic rings. The van der Waals surface area contributed by atoms with Crippen LogP contribution in [0, 0.1) is 0 Å². The number of rotatable bonds is 3. The Labute approximate surface area is 108 Å². The van der Waals surface area contributed by atoms with Gasteiger partial charge in [-0.2, -0.15) is 0 Å². The fourth-order valence-corrected chi connectivity index (χ4v) is 3.95. The minimum Gasteiger partial charge on any atom is -0.399 e. The molecule has 0 bridgehead atoms. The number of nitrogens with two attached hydrogens (primary N) is 1. The van der Waals surface area contributed by atoms with Gasteiger partial charge in [0.1, 0.15) is 0 Å². The number of sulfonamides is 1. The van der Waals surface area contributed by atoms with Gasteiger partial charge in [-0.1, -0.05) is 0 Å². The summed E-state index contributed by atoms with van der Waals surface area (Å²) < 4.78 is 27.1. The van der Waals surface area contributed by atoms with Gasteiger partial charge in [0.05, 0.1) is 11.0 Å². The summed E-state index contributed by atoms with van der Waals surface area (Å²) in [4.78, 5) is 0.124. The molecule has 0 aromatic heterocycles. The number of anilines is 1. The van der Waals surface area contributed by atoms with Crippen LogP contribution in [0.25, 0.3) is 0 Å². The van der Waals surface area contributed by atoms with Crippen molar-refractivity contribution in [2.75, 3.05) is 5.73 Å². The molecule has 0 radical (unpaired) electrons. The van der Waals surface area contributed by atoms with E-state index in [1.54, 1.807) is 12.1 Å². The molecule has 1 fully saturated rings. The van der Waals surface area contributed by atoms with E-state index < -0.39 is 16.1 Å². The monoisotopic (exact) mass is 320 g/mol. The molecule has 0 aliphatic heterocycles. The van der Waals surface area contributed by atoms with Gasteiger partial charge >= 0.3 is 0 Å². The van der Waals surface area contributed by atoms with Crippen LogP contribution in [0.2, 0.25) is 0 Å². The molecule has 17 heavy (non-hydrogen) atoms. The lowest BCUT2D eigenvalue weighted by Gasteiger charge is -2.31. The molecule has 1 saturated carbocycles. The molecule has 0 amide bonds. The van der Waals surface area contributed by atoms with Crippen LogP contribution < -0.4 is 10.5 Å². The van der Waals surface area contributed by atoms with Crippen molar-refractivity contribution in [2.45, 2.75) is 29.9 Å². The van der Waals surface area contributed by atoms with Crippen LogP contribution in [0.4, 0.5) is 5.69 Å². The fourth-order valence-electron chi connectivity index (χ4n) is 1.69. The Hall–Kier alpha value is -0.630. The quantitative estimate of drug-likeness (QED) is 0.719. The molecule has 0 heterocycles. The summed E-state index contributed by atoms with van der Waals surface area (Å²) in [6.45, 7) is 0. The molecule has 1 aliphatic rings. The Morgan fingerprint density at radius 1 is 1.41 bits per heavy atom. The van der Waals surface area contributed by atoms with Crippen molar-refractivity contribution < 1.29 is 13.5 Å². The van der Waals surface area contributed by atoms with Gasteiger partial charge in [-0.3, -0.25) is 0 Å². The highest BCUT2D eigenvalue weighted by Crippen LogP contribution is 2.27. The van der Waals surface area contributed by atoms with E-state index in [4.69, 9.17) is 10.8 Å². The van der Waals surface area contributed by atoms with Crippen LogP contribution in [0.3, 0.4) is 0 Å². The smallest absolute Gasteiger partial charge is 0.242 e. The molecule has 2 rings (SSSR count). The molecule has 0 saturated heterocycles. The first-order valence-electron chi connectivity index (χ1n) is 5.14. The van der Waals surface area contributed by atoms with E-state index in [-0.39, 0.29) is 10.9 Å². The molecule has 0 atom stereocenters. The van der Waals surface area contributed by atoms with Crippen LogP contribution in [0.5, 0.6) is 0 Å². The molecular formula is C10H13BrN2O3S. The van der Waals surface area contributed by atoms with Gasteiger partial charge in [0, 0.05) is 16.2 Å². The Bertz CT molecular complexity index is 526. The molecule has 5 nitrogen and oxygen atoms in total. The number of nitrogens with one attached hydrogen (secondary N) is 1. The SMILES string of the molecule is Nc1ccc(Br)c(S(=O)(=O)NC2CC(O)C2)c1. The van der Waals surface area contributed by atoms with Gasteiger partial charge in [-0.15, -0.1) is 0 Å². The van der Waals surface area contributed by atoms with E-state index in [0.717, 1.165) is 0 Å². The Kier molecular flexibility index (Phi) is 3.44. The van der Waals surface area contributed by atoms with Gasteiger partial charge in [0.25, 0.3) is 0 Å². The zero-order chi connectivity index (χ0) is 12.6. The lowest BCUT2D eigenvalue weighted by molar-refractivity contribution is 0.0712. The van der Waals surface area contributed by atoms with E-state index >= 15 is 0 Å². The second-order valence-electron chi connectivity index (χ2n) is 4.13. The van der Waals surface area contributed by atoms with E-state index in [1.807, 2.05) is 0 Å². The Balaban J connectivity index is 2.22. The second-order valence-corrected chi connectivity index (χ2v) is 6.67. The maximum Gasteiger partial charge on any atom is 0.242 e. The lowest BCUT2D eigenvalue weighted by atomic mass is 9.91. The third-order valence-corrected chi connectivity index (χ3v) is 5.19. The van der Waals surface area contributed by atoms with Gasteiger partial charge in [0.2, 0.25) is 10.0 Å². The molecule has 4 N–H and O–H groups in total. The third-order valence-electron chi connectivity index (χ3n) is 2.68. The highest BCUT2D eigenvalue weighted by molar-refractivity contribution is 9.10. The number of aliphatic hydroxyl groups is 1. The number of benzene rings is 1. The van der Waals surface area contributed by atoms with Crippen molar-refractivity contribution in [3.63, 3.8) is 0 Å². The highest BCUT2D eigenvalue weighted by Gasteiger charge is 2.31. The second kappa shape index (κ2) is 4.56. The minimum absolute atomic E-state index is 0.124. The van der Waals surface area contributed by atoms with Crippen molar-refractivity contribution in [1.82, 2.24) is 4.72 Å². The lowest BCUT2D eigenvalue weighted by Crippen LogP contribution is -2.46. The summed E-state index contributed by atoms with van der Waals surface area (Å²) in [5.74, 6) is 0. The predicted octanol–water partition coefficient (Wildman–Crippen LogP) is 0.833. The normalized spacial score (nSPS) is 24.4. The number of hydrogen-bond donors (Lipinski definition) is 3. The van der Waals surface area contributed by atoms with E-state index in [9.17, 15) is 8.42 Å². The Morgan fingerprint density at radius 2 is 2.06 bits per heavy atom. The van der Waals surface area contributed by atoms with Crippen molar-refractivity contribution in [1.29, 1.82) is 0 Å².